The molecule has 0 unspecified atom stereocenters. The van der Waals surface area contributed by atoms with Crippen molar-refractivity contribution in [1.82, 2.24) is 18.7 Å². The van der Waals surface area contributed by atoms with Crippen molar-refractivity contribution in [1.29, 1.82) is 0 Å². The Kier molecular flexibility index (Phi) is 3.10. The van der Waals surface area contributed by atoms with Crippen molar-refractivity contribution in [3.05, 3.63) is 56.0 Å². The quantitative estimate of drug-likeness (QED) is 0.595. The molecule has 2 N–H and O–H groups in total. The number of anilines is 1. The molecule has 0 spiro atoms. The molecule has 122 valence electrons. The van der Waals surface area contributed by atoms with Gasteiger partial charge in [-0.1, -0.05) is 6.07 Å². The SMILES string of the molecule is Cn1c(N)nc2c1c(=O)n(Cc1ccc3sccc3c1)c(=O)n2C. The average Bonchev–Trinajstić information content (AvgIpc) is 3.14. The minimum absolute atomic E-state index is 0.203. The van der Waals surface area contributed by atoms with Gasteiger partial charge < -0.3 is 10.3 Å². The largest absolute Gasteiger partial charge is 0.369 e. The highest BCUT2D eigenvalue weighted by Crippen LogP contribution is 2.22. The van der Waals surface area contributed by atoms with Gasteiger partial charge in [-0.3, -0.25) is 13.9 Å². The van der Waals surface area contributed by atoms with E-state index in [1.54, 1.807) is 25.4 Å². The molecule has 7 nitrogen and oxygen atoms in total. The topological polar surface area (TPSA) is 87.8 Å². The maximum absolute atomic E-state index is 12.8. The molecule has 0 bridgehead atoms. The number of imidazole rings is 1. The minimum atomic E-state index is -0.406. The Bertz CT molecular complexity index is 1210. The first-order valence-corrected chi connectivity index (χ1v) is 8.23. The number of nitrogens with two attached hydrogens (primary N) is 1. The molecule has 4 rings (SSSR count). The highest BCUT2D eigenvalue weighted by Gasteiger charge is 2.17. The number of rotatable bonds is 2. The van der Waals surface area contributed by atoms with E-state index in [-0.39, 0.29) is 18.1 Å². The van der Waals surface area contributed by atoms with Crippen LogP contribution in [0.5, 0.6) is 0 Å². The van der Waals surface area contributed by atoms with Crippen molar-refractivity contribution in [3.8, 4) is 0 Å². The molecular formula is C16H15N5O2S. The smallest absolute Gasteiger partial charge is 0.332 e. The number of hydrogen-bond acceptors (Lipinski definition) is 5. The predicted molar refractivity (Wildman–Crippen MR) is 95.6 cm³/mol. The Balaban J connectivity index is 1.94. The van der Waals surface area contributed by atoms with E-state index in [2.05, 4.69) is 4.98 Å². The third kappa shape index (κ3) is 2.00. The third-order valence-corrected chi connectivity index (χ3v) is 5.15. The van der Waals surface area contributed by atoms with Crippen molar-refractivity contribution in [3.63, 3.8) is 0 Å². The van der Waals surface area contributed by atoms with Crippen LogP contribution in [-0.2, 0) is 20.6 Å². The van der Waals surface area contributed by atoms with Crippen LogP contribution in [0.1, 0.15) is 5.56 Å². The first kappa shape index (κ1) is 14.7. The van der Waals surface area contributed by atoms with Crippen molar-refractivity contribution in [2.75, 3.05) is 5.73 Å². The molecule has 0 radical (unpaired) electrons. The standard InChI is InChI=1S/C16H15N5O2S/c1-19-12-13(18-15(19)17)20(2)16(23)21(14(12)22)8-9-3-4-11-10(7-9)5-6-24-11/h3-7H,8H2,1-2H3,(H2,17,18). The van der Waals surface area contributed by atoms with E-state index < -0.39 is 5.69 Å². The van der Waals surface area contributed by atoms with Crippen LogP contribution in [0.15, 0.2) is 39.2 Å². The fourth-order valence-electron chi connectivity index (χ4n) is 2.90. The fraction of sp³-hybridized carbons (Fsp3) is 0.188. The Morgan fingerprint density at radius 3 is 2.75 bits per heavy atom. The molecule has 0 atom stereocenters. The van der Waals surface area contributed by atoms with E-state index in [1.165, 1.54) is 18.4 Å². The second kappa shape index (κ2) is 5.07. The van der Waals surface area contributed by atoms with Crippen molar-refractivity contribution >= 4 is 38.5 Å². The number of nitrogens with zero attached hydrogens (tertiary/aromatic N) is 4. The lowest BCUT2D eigenvalue weighted by atomic mass is 10.1. The molecule has 3 aromatic heterocycles. The van der Waals surface area contributed by atoms with E-state index >= 15 is 0 Å². The van der Waals surface area contributed by atoms with Gasteiger partial charge in [0.25, 0.3) is 5.56 Å². The number of fused-ring (bicyclic) bond motifs is 2. The Morgan fingerprint density at radius 1 is 1.17 bits per heavy atom. The Labute approximate surface area is 140 Å². The number of aromatic nitrogens is 4. The molecule has 4 aromatic rings. The van der Waals surface area contributed by atoms with E-state index in [9.17, 15) is 9.59 Å². The first-order valence-electron chi connectivity index (χ1n) is 7.35. The lowest BCUT2D eigenvalue weighted by Gasteiger charge is -2.09. The molecule has 1 aromatic carbocycles. The summed E-state index contributed by atoms with van der Waals surface area (Å²) in [6.07, 6.45) is 0. The van der Waals surface area contributed by atoms with E-state index in [1.807, 2.05) is 29.6 Å². The molecule has 0 fully saturated rings. The van der Waals surface area contributed by atoms with Crippen LogP contribution in [-0.4, -0.2) is 18.7 Å². The van der Waals surface area contributed by atoms with Crippen molar-refractivity contribution in [2.45, 2.75) is 6.54 Å². The number of nitrogen functional groups attached to an aromatic ring is 1. The molecule has 0 aliphatic carbocycles. The summed E-state index contributed by atoms with van der Waals surface area (Å²) >= 11 is 1.66. The van der Waals surface area contributed by atoms with Crippen LogP contribution in [0.25, 0.3) is 21.3 Å². The lowest BCUT2D eigenvalue weighted by Crippen LogP contribution is -2.39. The van der Waals surface area contributed by atoms with E-state index in [4.69, 9.17) is 5.73 Å². The van der Waals surface area contributed by atoms with Gasteiger partial charge >= 0.3 is 5.69 Å². The maximum atomic E-state index is 12.8. The van der Waals surface area contributed by atoms with Crippen LogP contribution < -0.4 is 17.0 Å². The van der Waals surface area contributed by atoms with Gasteiger partial charge in [0.15, 0.2) is 11.2 Å². The van der Waals surface area contributed by atoms with E-state index in [0.29, 0.717) is 11.2 Å². The predicted octanol–water partition coefficient (Wildman–Crippen LogP) is 1.28. The van der Waals surface area contributed by atoms with Gasteiger partial charge in [-0.15, -0.1) is 11.3 Å². The number of benzene rings is 1. The van der Waals surface area contributed by atoms with Crippen LogP contribution in [0, 0.1) is 0 Å². The van der Waals surface area contributed by atoms with Gasteiger partial charge in [-0.05, 0) is 34.5 Å². The highest BCUT2D eigenvalue weighted by molar-refractivity contribution is 7.17. The summed E-state index contributed by atoms with van der Waals surface area (Å²) in [5.74, 6) is 0.203. The summed E-state index contributed by atoms with van der Waals surface area (Å²) < 4.78 is 5.26. The zero-order valence-corrected chi connectivity index (χ0v) is 14.0. The highest BCUT2D eigenvalue weighted by atomic mass is 32.1. The zero-order chi connectivity index (χ0) is 17.0. The zero-order valence-electron chi connectivity index (χ0n) is 13.2. The minimum Gasteiger partial charge on any atom is -0.369 e. The summed E-state index contributed by atoms with van der Waals surface area (Å²) in [7, 11) is 3.26. The van der Waals surface area contributed by atoms with Gasteiger partial charge in [0.1, 0.15) is 0 Å². The normalized spacial score (nSPS) is 11.6. The number of hydrogen-bond donors (Lipinski definition) is 1. The van der Waals surface area contributed by atoms with Gasteiger partial charge in [0, 0.05) is 18.8 Å². The van der Waals surface area contributed by atoms with Gasteiger partial charge in [0.2, 0.25) is 5.95 Å². The lowest BCUT2D eigenvalue weighted by molar-refractivity contribution is 0.655. The van der Waals surface area contributed by atoms with Crippen molar-refractivity contribution in [2.24, 2.45) is 14.1 Å². The van der Waals surface area contributed by atoms with Crippen LogP contribution >= 0.6 is 11.3 Å². The number of thiophene rings is 1. The fourth-order valence-corrected chi connectivity index (χ4v) is 3.67. The summed E-state index contributed by atoms with van der Waals surface area (Å²) in [6, 6.07) is 7.97. The van der Waals surface area contributed by atoms with Crippen LogP contribution in [0.2, 0.25) is 0 Å². The summed E-state index contributed by atoms with van der Waals surface area (Å²) in [4.78, 5) is 29.5. The molecule has 3 heterocycles. The second-order valence-corrected chi connectivity index (χ2v) is 6.67. The molecule has 0 saturated carbocycles. The molecule has 0 saturated heterocycles. The first-order chi connectivity index (χ1) is 11.5. The van der Waals surface area contributed by atoms with Gasteiger partial charge in [-0.25, -0.2) is 4.79 Å². The number of aryl methyl sites for hydroxylation is 2. The van der Waals surface area contributed by atoms with Crippen LogP contribution in [0.3, 0.4) is 0 Å². The van der Waals surface area contributed by atoms with Crippen molar-refractivity contribution < 1.29 is 0 Å². The third-order valence-electron chi connectivity index (χ3n) is 4.25. The Morgan fingerprint density at radius 2 is 1.96 bits per heavy atom. The summed E-state index contributed by atoms with van der Waals surface area (Å²) in [5.41, 5.74) is 6.52. The van der Waals surface area contributed by atoms with Gasteiger partial charge in [-0.2, -0.15) is 4.98 Å². The molecule has 0 aliphatic rings. The molecular weight excluding hydrogens is 326 g/mol. The van der Waals surface area contributed by atoms with Crippen LogP contribution in [0.4, 0.5) is 5.95 Å². The molecule has 24 heavy (non-hydrogen) atoms. The maximum Gasteiger partial charge on any atom is 0.332 e. The molecule has 0 amide bonds. The summed E-state index contributed by atoms with van der Waals surface area (Å²) in [6.45, 7) is 0.207. The van der Waals surface area contributed by atoms with E-state index in [0.717, 1.165) is 10.9 Å². The molecule has 0 aliphatic heterocycles. The Hall–Kier alpha value is -2.87. The monoisotopic (exact) mass is 341 g/mol. The van der Waals surface area contributed by atoms with Gasteiger partial charge in [0.05, 0.1) is 6.54 Å². The average molecular weight is 341 g/mol. The molecule has 8 heteroatoms. The summed E-state index contributed by atoms with van der Waals surface area (Å²) in [5, 5.41) is 3.12. The second-order valence-electron chi connectivity index (χ2n) is 5.73.